The van der Waals surface area contributed by atoms with Crippen LogP contribution in [0.1, 0.15) is 149 Å². The van der Waals surface area contributed by atoms with Gasteiger partial charge in [-0.05, 0) is 77.0 Å². The lowest BCUT2D eigenvalue weighted by atomic mass is 9.85. The maximum absolute atomic E-state index is 12.8. The molecule has 1 saturated carbocycles. The van der Waals surface area contributed by atoms with Gasteiger partial charge in [-0.3, -0.25) is 18.6 Å². The zero-order valence-electron chi connectivity index (χ0n) is 38.4. The molecule has 0 aromatic carbocycles. The number of hydrogen-bond donors (Lipinski definition) is 7. The van der Waals surface area contributed by atoms with Gasteiger partial charge in [0.2, 0.25) is 0 Å². The molecule has 0 amide bonds. The summed E-state index contributed by atoms with van der Waals surface area (Å²) in [6, 6.07) is 0. The number of ether oxygens (including phenoxy) is 2. The lowest BCUT2D eigenvalue weighted by molar-refractivity contribution is -0.220. The predicted molar refractivity (Wildman–Crippen MR) is 250 cm³/mol. The first-order chi connectivity index (χ1) is 30.8. The molecule has 0 bridgehead atoms. The molecular weight excluding hydrogens is 843 g/mol. The normalized spacial score (nSPS) is 22.8. The number of aliphatic hydroxyl groups is 6. The van der Waals surface area contributed by atoms with Gasteiger partial charge < -0.3 is 45.0 Å². The number of rotatable bonds is 37. The zero-order valence-corrected chi connectivity index (χ0v) is 39.3. The third-order valence-corrected chi connectivity index (χ3v) is 11.3. The van der Waals surface area contributed by atoms with Gasteiger partial charge in [-0.25, -0.2) is 4.57 Å². The predicted octanol–water partition coefficient (Wildman–Crippen LogP) is 8.25. The summed E-state index contributed by atoms with van der Waals surface area (Å²) in [7, 11) is -5.16. The minimum Gasteiger partial charge on any atom is -0.462 e. The fourth-order valence-corrected chi connectivity index (χ4v) is 7.48. The molecule has 1 aliphatic rings. The van der Waals surface area contributed by atoms with Crippen LogP contribution in [0.3, 0.4) is 0 Å². The highest BCUT2D eigenvalue weighted by molar-refractivity contribution is 7.47. The molecule has 4 unspecified atom stereocenters. The highest BCUT2D eigenvalue weighted by Gasteiger charge is 2.51. The van der Waals surface area contributed by atoms with Crippen molar-refractivity contribution in [1.82, 2.24) is 0 Å². The summed E-state index contributed by atoms with van der Waals surface area (Å²) in [5.41, 5.74) is 0. The number of esters is 2. The van der Waals surface area contributed by atoms with Crippen molar-refractivity contribution in [2.45, 2.75) is 198 Å². The van der Waals surface area contributed by atoms with E-state index < -0.39 is 81.8 Å². The summed E-state index contributed by atoms with van der Waals surface area (Å²) >= 11 is 0. The molecule has 1 fully saturated rings. The van der Waals surface area contributed by atoms with E-state index in [1.165, 1.54) is 19.3 Å². The summed E-state index contributed by atoms with van der Waals surface area (Å²) in [4.78, 5) is 35.7. The van der Waals surface area contributed by atoms with Gasteiger partial charge in [0, 0.05) is 12.8 Å². The van der Waals surface area contributed by atoms with E-state index in [-0.39, 0.29) is 12.8 Å². The zero-order chi connectivity index (χ0) is 47.3. The van der Waals surface area contributed by atoms with Crippen LogP contribution in [0, 0.1) is 0 Å². The fourth-order valence-electron chi connectivity index (χ4n) is 6.51. The van der Waals surface area contributed by atoms with Crippen LogP contribution in [0.25, 0.3) is 0 Å². The van der Waals surface area contributed by atoms with Gasteiger partial charge in [-0.15, -0.1) is 0 Å². The number of aliphatic hydroxyl groups excluding tert-OH is 6. The molecular formula is C49H81O14P. The average Bonchev–Trinajstić information content (AvgIpc) is 3.27. The molecule has 9 atom stereocenters. The smallest absolute Gasteiger partial charge is 0.462 e. The Labute approximate surface area is 382 Å². The molecule has 0 radical (unpaired) electrons. The molecule has 64 heavy (non-hydrogen) atoms. The average molecular weight is 925 g/mol. The topological polar surface area (TPSA) is 230 Å². The second-order valence-corrected chi connectivity index (χ2v) is 17.5. The molecule has 0 aliphatic heterocycles. The minimum atomic E-state index is -5.16. The molecule has 14 nitrogen and oxygen atoms in total. The summed E-state index contributed by atoms with van der Waals surface area (Å²) in [6.07, 6.45) is 32.2. The first-order valence-electron chi connectivity index (χ1n) is 23.5. The van der Waals surface area contributed by atoms with E-state index in [1.807, 2.05) is 18.2 Å². The van der Waals surface area contributed by atoms with E-state index in [4.69, 9.17) is 18.5 Å². The number of hydrogen-bond acceptors (Lipinski definition) is 13. The molecule has 366 valence electrons. The number of phosphoric acid groups is 1. The molecule has 0 spiro atoms. The van der Waals surface area contributed by atoms with Crippen LogP contribution >= 0.6 is 7.82 Å². The number of allylic oxidation sites excluding steroid dienone is 13. The van der Waals surface area contributed by atoms with Gasteiger partial charge in [0.15, 0.2) is 6.10 Å². The van der Waals surface area contributed by atoms with Crippen molar-refractivity contribution in [2.24, 2.45) is 0 Å². The van der Waals surface area contributed by atoms with E-state index in [0.29, 0.717) is 19.3 Å². The Bertz CT molecular complexity index is 1460. The molecule has 1 aliphatic carbocycles. The van der Waals surface area contributed by atoms with Crippen molar-refractivity contribution < 1.29 is 68.2 Å². The SMILES string of the molecule is CC/C=C/C/C=C/C=C/C(O)CCCCCCCC(=O)OC[C@H](COP(=O)(O)OC1[C@H](O)[C@H](O)C(O)[C@H](O)[C@H]1O)OC(=O)CCCCC/C=C\C/C=C\C/C=C\C/C=C\CCCCC. The lowest BCUT2D eigenvalue weighted by Gasteiger charge is -2.41. The van der Waals surface area contributed by atoms with Gasteiger partial charge in [0.1, 0.15) is 43.2 Å². The van der Waals surface area contributed by atoms with Crippen LogP contribution in [0.2, 0.25) is 0 Å². The Kier molecular flexibility index (Phi) is 35.2. The highest BCUT2D eigenvalue weighted by atomic mass is 31.2. The van der Waals surface area contributed by atoms with Crippen molar-refractivity contribution in [3.8, 4) is 0 Å². The second-order valence-electron chi connectivity index (χ2n) is 16.1. The standard InChI is InChI=1S/C49H81O14P/c1-3-5-7-9-11-12-13-14-15-16-17-18-19-20-21-22-24-28-33-37-43(52)62-41(39-61-64(58,59)63-49-47(56)45(54)44(53)46(55)48(49)57)38-60-42(51)36-32-29-25-27-31-35-40(50)34-30-26-23-10-8-6-4-2/h6,8,11-12,14-15,17-18,20-21,23,26,30,34,40-41,44-50,53-57H,3-5,7,9-10,13,16,19,22,24-25,27-29,31-33,35-39H2,1-2H3,(H,58,59)/b8-6+,12-11-,15-14-,18-17-,21-20-,26-23+,34-30+/t40?,41-,44?,45-,46+,47-,48-,49?/m1/s1. The maximum atomic E-state index is 12.8. The number of unbranched alkanes of at least 4 members (excludes halogenated alkanes) is 10. The van der Waals surface area contributed by atoms with Gasteiger partial charge in [0.05, 0.1) is 12.7 Å². The first-order valence-corrected chi connectivity index (χ1v) is 25.0. The van der Waals surface area contributed by atoms with Crippen LogP contribution in [0.4, 0.5) is 0 Å². The minimum absolute atomic E-state index is 0.0339. The van der Waals surface area contributed by atoms with E-state index in [0.717, 1.165) is 83.5 Å². The largest absolute Gasteiger partial charge is 0.472 e. The third-order valence-electron chi connectivity index (χ3n) is 10.3. The van der Waals surface area contributed by atoms with Crippen molar-refractivity contribution in [2.75, 3.05) is 13.2 Å². The lowest BCUT2D eigenvalue weighted by Crippen LogP contribution is -2.64. The van der Waals surface area contributed by atoms with Crippen LogP contribution < -0.4 is 0 Å². The molecule has 0 saturated heterocycles. The van der Waals surface area contributed by atoms with Crippen LogP contribution in [0.5, 0.6) is 0 Å². The molecule has 7 N–H and O–H groups in total. The quantitative estimate of drug-likeness (QED) is 0.0102. The molecule has 0 heterocycles. The Hall–Kier alpha value is -3.01. The van der Waals surface area contributed by atoms with E-state index in [1.54, 1.807) is 6.08 Å². The van der Waals surface area contributed by atoms with E-state index in [9.17, 15) is 49.7 Å². The highest BCUT2D eigenvalue weighted by Crippen LogP contribution is 2.47. The monoisotopic (exact) mass is 925 g/mol. The molecule has 0 aromatic heterocycles. The second kappa shape index (κ2) is 38.1. The summed E-state index contributed by atoms with van der Waals surface area (Å²) in [6.45, 7) is 3.02. The Morgan fingerprint density at radius 3 is 1.69 bits per heavy atom. The summed E-state index contributed by atoms with van der Waals surface area (Å²) in [5, 5.41) is 60.3. The third kappa shape index (κ3) is 30.2. The Morgan fingerprint density at radius 2 is 1.08 bits per heavy atom. The Morgan fingerprint density at radius 1 is 0.578 bits per heavy atom. The van der Waals surface area contributed by atoms with Crippen LogP contribution in [0.15, 0.2) is 85.1 Å². The van der Waals surface area contributed by atoms with E-state index in [2.05, 4.69) is 74.6 Å². The molecule has 1 rings (SSSR count). The Balaban J connectivity index is 2.53. The molecule has 0 aromatic rings. The number of carbonyl (C=O) groups excluding carboxylic acids is 2. The summed E-state index contributed by atoms with van der Waals surface area (Å²) < 4.78 is 33.4. The van der Waals surface area contributed by atoms with Crippen molar-refractivity contribution >= 4 is 19.8 Å². The number of phosphoric ester groups is 1. The number of carbonyl (C=O) groups is 2. The van der Waals surface area contributed by atoms with Crippen molar-refractivity contribution in [1.29, 1.82) is 0 Å². The van der Waals surface area contributed by atoms with E-state index >= 15 is 0 Å². The maximum Gasteiger partial charge on any atom is 0.472 e. The van der Waals surface area contributed by atoms with Crippen LogP contribution in [-0.4, -0.2) is 110 Å². The van der Waals surface area contributed by atoms with Crippen LogP contribution in [-0.2, 0) is 32.7 Å². The van der Waals surface area contributed by atoms with Crippen molar-refractivity contribution in [3.63, 3.8) is 0 Å². The van der Waals surface area contributed by atoms with Gasteiger partial charge in [-0.2, -0.15) is 0 Å². The first kappa shape index (κ1) is 59.0. The summed E-state index contributed by atoms with van der Waals surface area (Å²) in [5.74, 6) is -1.22. The van der Waals surface area contributed by atoms with Gasteiger partial charge in [0.25, 0.3) is 0 Å². The van der Waals surface area contributed by atoms with Crippen molar-refractivity contribution in [3.05, 3.63) is 85.1 Å². The fraction of sp³-hybridized carbons (Fsp3) is 0.673. The molecule has 15 heteroatoms. The van der Waals surface area contributed by atoms with Gasteiger partial charge in [-0.1, -0.05) is 144 Å². The van der Waals surface area contributed by atoms with Gasteiger partial charge >= 0.3 is 19.8 Å².